The molecule has 0 aliphatic rings. The van der Waals surface area contributed by atoms with Gasteiger partial charge in [-0.25, -0.2) is 0 Å². The molecule has 0 rings (SSSR count). The fourth-order valence-corrected chi connectivity index (χ4v) is 0.723. The molecule has 54 valence electrons. The first-order valence-electron chi connectivity index (χ1n) is 3.72. The van der Waals surface area contributed by atoms with E-state index in [1.165, 1.54) is 19.3 Å². The SMILES string of the molecule is C/C=C(/N)CCCCC. The average molecular weight is 127 g/mol. The van der Waals surface area contributed by atoms with Crippen molar-refractivity contribution in [2.45, 2.75) is 39.5 Å². The topological polar surface area (TPSA) is 26.0 Å². The minimum atomic E-state index is 1.03. The highest BCUT2D eigenvalue weighted by Crippen LogP contribution is 2.02. The molecule has 0 radical (unpaired) electrons. The molecule has 0 saturated heterocycles. The van der Waals surface area contributed by atoms with Crippen LogP contribution >= 0.6 is 0 Å². The molecule has 0 amide bonds. The van der Waals surface area contributed by atoms with E-state index in [0.717, 1.165) is 12.1 Å². The van der Waals surface area contributed by atoms with Crippen LogP contribution in [0.1, 0.15) is 39.5 Å². The third-order valence-corrected chi connectivity index (χ3v) is 1.44. The van der Waals surface area contributed by atoms with Crippen molar-refractivity contribution < 1.29 is 0 Å². The summed E-state index contributed by atoms with van der Waals surface area (Å²) in [5.41, 5.74) is 6.61. The maximum absolute atomic E-state index is 5.57. The van der Waals surface area contributed by atoms with Crippen LogP contribution in [0.3, 0.4) is 0 Å². The molecular weight excluding hydrogens is 110 g/mol. The summed E-state index contributed by atoms with van der Waals surface area (Å²) in [4.78, 5) is 0. The molecule has 9 heavy (non-hydrogen) atoms. The molecule has 0 aliphatic carbocycles. The standard InChI is InChI=1S/C8H17N/c1-3-5-6-7-8(9)4-2/h4H,3,5-7,9H2,1-2H3/b8-4+. The summed E-state index contributed by atoms with van der Waals surface area (Å²) in [5, 5.41) is 0. The second-order valence-electron chi connectivity index (χ2n) is 2.32. The van der Waals surface area contributed by atoms with Crippen molar-refractivity contribution in [3.8, 4) is 0 Å². The Hall–Kier alpha value is -0.460. The molecule has 1 heteroatoms. The van der Waals surface area contributed by atoms with Crippen molar-refractivity contribution in [2.75, 3.05) is 0 Å². The molecule has 0 aromatic heterocycles. The van der Waals surface area contributed by atoms with Gasteiger partial charge >= 0.3 is 0 Å². The van der Waals surface area contributed by atoms with E-state index in [1.54, 1.807) is 0 Å². The Morgan fingerprint density at radius 3 is 2.56 bits per heavy atom. The lowest BCUT2D eigenvalue weighted by atomic mass is 10.2. The Morgan fingerprint density at radius 2 is 2.11 bits per heavy atom. The van der Waals surface area contributed by atoms with Gasteiger partial charge in [-0.1, -0.05) is 25.8 Å². The van der Waals surface area contributed by atoms with Crippen LogP contribution in [-0.2, 0) is 0 Å². The van der Waals surface area contributed by atoms with Gasteiger partial charge in [-0.15, -0.1) is 0 Å². The van der Waals surface area contributed by atoms with Crippen molar-refractivity contribution in [1.82, 2.24) is 0 Å². The van der Waals surface area contributed by atoms with E-state index in [0.29, 0.717) is 0 Å². The third-order valence-electron chi connectivity index (χ3n) is 1.44. The van der Waals surface area contributed by atoms with Gasteiger partial charge in [0.25, 0.3) is 0 Å². The van der Waals surface area contributed by atoms with E-state index in [1.807, 2.05) is 13.0 Å². The first-order valence-corrected chi connectivity index (χ1v) is 3.72. The van der Waals surface area contributed by atoms with Crippen LogP contribution in [0.5, 0.6) is 0 Å². The molecule has 0 aliphatic heterocycles. The zero-order chi connectivity index (χ0) is 7.11. The Labute approximate surface area is 57.9 Å². The van der Waals surface area contributed by atoms with E-state index in [9.17, 15) is 0 Å². The average Bonchev–Trinajstić information content (AvgIpc) is 1.89. The molecule has 1 nitrogen and oxygen atoms in total. The van der Waals surface area contributed by atoms with Crippen LogP contribution < -0.4 is 5.73 Å². The number of rotatable bonds is 4. The maximum Gasteiger partial charge on any atom is 0.00371 e. The smallest absolute Gasteiger partial charge is 0.00371 e. The van der Waals surface area contributed by atoms with Gasteiger partial charge in [0.05, 0.1) is 0 Å². The summed E-state index contributed by atoms with van der Waals surface area (Å²) in [6, 6.07) is 0. The molecular formula is C8H17N. The van der Waals surface area contributed by atoms with Crippen LogP contribution in [0.15, 0.2) is 11.8 Å². The Balaban J connectivity index is 3.07. The molecule has 0 fully saturated rings. The van der Waals surface area contributed by atoms with Crippen LogP contribution in [0.25, 0.3) is 0 Å². The molecule has 0 aromatic carbocycles. The van der Waals surface area contributed by atoms with Crippen molar-refractivity contribution in [3.63, 3.8) is 0 Å². The highest BCUT2D eigenvalue weighted by Gasteiger charge is 1.87. The summed E-state index contributed by atoms with van der Waals surface area (Å²) >= 11 is 0. The molecule has 0 spiro atoms. The summed E-state index contributed by atoms with van der Waals surface area (Å²) in [7, 11) is 0. The van der Waals surface area contributed by atoms with Gasteiger partial charge in [-0.3, -0.25) is 0 Å². The minimum absolute atomic E-state index is 1.03. The number of hydrogen-bond acceptors (Lipinski definition) is 1. The molecule has 0 unspecified atom stereocenters. The van der Waals surface area contributed by atoms with Gasteiger partial charge < -0.3 is 5.73 Å². The lowest BCUT2D eigenvalue weighted by molar-refractivity contribution is 0.709. The van der Waals surface area contributed by atoms with Gasteiger partial charge in [0.2, 0.25) is 0 Å². The molecule has 0 aromatic rings. The van der Waals surface area contributed by atoms with E-state index in [4.69, 9.17) is 5.73 Å². The van der Waals surface area contributed by atoms with E-state index >= 15 is 0 Å². The summed E-state index contributed by atoms with van der Waals surface area (Å²) in [5.74, 6) is 0. The van der Waals surface area contributed by atoms with Crippen LogP contribution in [-0.4, -0.2) is 0 Å². The van der Waals surface area contributed by atoms with Gasteiger partial charge in [0.1, 0.15) is 0 Å². The minimum Gasteiger partial charge on any atom is -0.402 e. The largest absolute Gasteiger partial charge is 0.402 e. The van der Waals surface area contributed by atoms with Gasteiger partial charge in [-0.2, -0.15) is 0 Å². The van der Waals surface area contributed by atoms with E-state index in [2.05, 4.69) is 6.92 Å². The zero-order valence-corrected chi connectivity index (χ0v) is 6.48. The lowest BCUT2D eigenvalue weighted by Gasteiger charge is -1.97. The highest BCUT2D eigenvalue weighted by molar-refractivity contribution is 4.92. The Morgan fingerprint density at radius 1 is 1.44 bits per heavy atom. The van der Waals surface area contributed by atoms with Crippen molar-refractivity contribution >= 4 is 0 Å². The van der Waals surface area contributed by atoms with Gasteiger partial charge in [0.15, 0.2) is 0 Å². The number of nitrogens with two attached hydrogens (primary N) is 1. The Bertz CT molecular complexity index is 84.6. The van der Waals surface area contributed by atoms with Crippen molar-refractivity contribution in [3.05, 3.63) is 11.8 Å². The zero-order valence-electron chi connectivity index (χ0n) is 6.48. The fourth-order valence-electron chi connectivity index (χ4n) is 0.723. The summed E-state index contributed by atoms with van der Waals surface area (Å²) < 4.78 is 0. The van der Waals surface area contributed by atoms with Gasteiger partial charge in [-0.05, 0) is 19.8 Å². The quantitative estimate of drug-likeness (QED) is 0.577. The third kappa shape index (κ3) is 5.41. The van der Waals surface area contributed by atoms with E-state index < -0.39 is 0 Å². The van der Waals surface area contributed by atoms with Gasteiger partial charge in [0, 0.05) is 5.70 Å². The van der Waals surface area contributed by atoms with Crippen LogP contribution in [0, 0.1) is 0 Å². The lowest BCUT2D eigenvalue weighted by Crippen LogP contribution is -1.95. The maximum atomic E-state index is 5.57. The molecule has 0 saturated carbocycles. The second kappa shape index (κ2) is 5.67. The number of allylic oxidation sites excluding steroid dienone is 2. The summed E-state index contributed by atoms with van der Waals surface area (Å²) in [6.45, 7) is 4.19. The first-order chi connectivity index (χ1) is 4.31. The number of hydrogen-bond donors (Lipinski definition) is 1. The van der Waals surface area contributed by atoms with Crippen LogP contribution in [0.2, 0.25) is 0 Å². The monoisotopic (exact) mass is 127 g/mol. The van der Waals surface area contributed by atoms with E-state index in [-0.39, 0.29) is 0 Å². The molecule has 2 N–H and O–H groups in total. The predicted molar refractivity (Wildman–Crippen MR) is 42.1 cm³/mol. The van der Waals surface area contributed by atoms with Crippen LogP contribution in [0.4, 0.5) is 0 Å². The van der Waals surface area contributed by atoms with Crippen molar-refractivity contribution in [1.29, 1.82) is 0 Å². The normalized spacial score (nSPS) is 12.0. The predicted octanol–water partition coefficient (Wildman–Crippen LogP) is 2.43. The summed E-state index contributed by atoms with van der Waals surface area (Å²) in [6.07, 6.45) is 6.87. The molecule has 0 atom stereocenters. The molecule has 0 heterocycles. The second-order valence-corrected chi connectivity index (χ2v) is 2.32. The molecule has 0 bridgehead atoms. The van der Waals surface area contributed by atoms with Crippen molar-refractivity contribution in [2.24, 2.45) is 5.73 Å². The highest BCUT2D eigenvalue weighted by atomic mass is 14.6. The number of unbranched alkanes of at least 4 members (excludes halogenated alkanes) is 2. The first kappa shape index (κ1) is 8.54. The Kier molecular flexibility index (Phi) is 5.38. The fraction of sp³-hybridized carbons (Fsp3) is 0.750.